The van der Waals surface area contributed by atoms with Gasteiger partial charge in [0.2, 0.25) is 5.91 Å². The molecule has 6 nitrogen and oxygen atoms in total. The van der Waals surface area contributed by atoms with E-state index in [2.05, 4.69) is 16.2 Å². The van der Waals surface area contributed by atoms with Crippen LogP contribution in [0.4, 0.5) is 5.69 Å². The second-order valence-corrected chi connectivity index (χ2v) is 4.87. The van der Waals surface area contributed by atoms with Crippen LogP contribution in [0.15, 0.2) is 18.2 Å². The lowest BCUT2D eigenvalue weighted by Crippen LogP contribution is -2.28. The van der Waals surface area contributed by atoms with Gasteiger partial charge in [0, 0.05) is 12.1 Å². The molecule has 0 unspecified atom stereocenters. The van der Waals surface area contributed by atoms with Gasteiger partial charge in [0.25, 0.3) is 11.8 Å². The third-order valence-electron chi connectivity index (χ3n) is 3.48. The summed E-state index contributed by atoms with van der Waals surface area (Å²) in [5.74, 6) is -1.74. The van der Waals surface area contributed by atoms with E-state index in [1.807, 2.05) is 32.0 Å². The monoisotopic (exact) mass is 275 g/mol. The molecule has 20 heavy (non-hydrogen) atoms. The second kappa shape index (κ2) is 5.73. The van der Waals surface area contributed by atoms with Crippen molar-refractivity contribution in [2.75, 3.05) is 5.32 Å². The molecular formula is C14H17N3O3. The summed E-state index contributed by atoms with van der Waals surface area (Å²) in [6.07, 6.45) is 0.327. The molecule has 3 N–H and O–H groups in total. The van der Waals surface area contributed by atoms with E-state index in [4.69, 9.17) is 0 Å². The van der Waals surface area contributed by atoms with E-state index in [-0.39, 0.29) is 30.6 Å². The van der Waals surface area contributed by atoms with Gasteiger partial charge >= 0.3 is 0 Å². The van der Waals surface area contributed by atoms with Gasteiger partial charge < -0.3 is 5.32 Å². The highest BCUT2D eigenvalue weighted by molar-refractivity contribution is 6.05. The molecule has 0 atom stereocenters. The first-order valence-electron chi connectivity index (χ1n) is 6.45. The zero-order valence-electron chi connectivity index (χ0n) is 11.4. The smallest absolute Gasteiger partial charge is 0.251 e. The highest BCUT2D eigenvalue weighted by Gasteiger charge is 2.32. The Bertz CT molecular complexity index is 553. The number of hydrazine groups is 1. The molecular weight excluding hydrogens is 258 g/mol. The van der Waals surface area contributed by atoms with E-state index < -0.39 is 5.92 Å². The van der Waals surface area contributed by atoms with Crippen LogP contribution < -0.4 is 16.2 Å². The first kappa shape index (κ1) is 14.0. The Labute approximate surface area is 116 Å². The SMILES string of the molecule is Cc1cccc(NC(=O)CCC2C(=O)NNC2=O)c1C. The van der Waals surface area contributed by atoms with Crippen LogP contribution in [-0.4, -0.2) is 17.7 Å². The van der Waals surface area contributed by atoms with Crippen LogP contribution >= 0.6 is 0 Å². The Morgan fingerprint density at radius 1 is 1.20 bits per heavy atom. The number of hydrogen-bond donors (Lipinski definition) is 3. The molecule has 1 aliphatic rings. The van der Waals surface area contributed by atoms with Crippen molar-refractivity contribution < 1.29 is 14.4 Å². The van der Waals surface area contributed by atoms with Crippen molar-refractivity contribution in [2.45, 2.75) is 26.7 Å². The minimum absolute atomic E-state index is 0.124. The summed E-state index contributed by atoms with van der Waals surface area (Å²) in [5, 5.41) is 2.80. The maximum Gasteiger partial charge on any atom is 0.251 e. The number of rotatable bonds is 4. The average Bonchev–Trinajstić information content (AvgIpc) is 2.72. The standard InChI is InChI=1S/C14H17N3O3/c1-8-4-3-5-11(9(8)2)15-12(18)7-6-10-13(19)16-17-14(10)20/h3-5,10H,6-7H2,1-2H3,(H,15,18)(H,16,19)(H,17,20). The summed E-state index contributed by atoms with van der Waals surface area (Å²) in [6, 6.07) is 5.67. The molecule has 3 amide bonds. The van der Waals surface area contributed by atoms with Crippen LogP contribution in [0.1, 0.15) is 24.0 Å². The molecule has 2 rings (SSSR count). The average molecular weight is 275 g/mol. The van der Waals surface area contributed by atoms with Gasteiger partial charge in [-0.15, -0.1) is 0 Å². The van der Waals surface area contributed by atoms with Crippen LogP contribution in [0, 0.1) is 19.8 Å². The van der Waals surface area contributed by atoms with Crippen molar-refractivity contribution in [3.05, 3.63) is 29.3 Å². The Kier molecular flexibility index (Phi) is 4.02. The number of anilines is 1. The van der Waals surface area contributed by atoms with Crippen LogP contribution in [-0.2, 0) is 14.4 Å². The number of carbonyl (C=O) groups is 3. The Hall–Kier alpha value is -2.37. The number of benzene rings is 1. The molecule has 0 aromatic heterocycles. The molecule has 0 spiro atoms. The van der Waals surface area contributed by atoms with Crippen molar-refractivity contribution in [2.24, 2.45) is 5.92 Å². The quantitative estimate of drug-likeness (QED) is 0.710. The van der Waals surface area contributed by atoms with Crippen molar-refractivity contribution in [1.29, 1.82) is 0 Å². The molecule has 1 fully saturated rings. The van der Waals surface area contributed by atoms with E-state index in [9.17, 15) is 14.4 Å². The molecule has 0 aliphatic carbocycles. The van der Waals surface area contributed by atoms with Gasteiger partial charge in [0.1, 0.15) is 5.92 Å². The highest BCUT2D eigenvalue weighted by atomic mass is 16.2. The molecule has 0 bridgehead atoms. The second-order valence-electron chi connectivity index (χ2n) is 4.87. The van der Waals surface area contributed by atoms with Crippen molar-refractivity contribution in [1.82, 2.24) is 10.9 Å². The van der Waals surface area contributed by atoms with Crippen molar-refractivity contribution >= 4 is 23.4 Å². The van der Waals surface area contributed by atoms with Crippen LogP contribution in [0.5, 0.6) is 0 Å². The highest BCUT2D eigenvalue weighted by Crippen LogP contribution is 2.19. The van der Waals surface area contributed by atoms with Crippen LogP contribution in [0.2, 0.25) is 0 Å². The van der Waals surface area contributed by atoms with Gasteiger partial charge in [-0.05, 0) is 37.5 Å². The fourth-order valence-electron chi connectivity index (χ4n) is 2.05. The third kappa shape index (κ3) is 2.96. The summed E-state index contributed by atoms with van der Waals surface area (Å²) in [4.78, 5) is 34.5. The normalized spacial score (nSPS) is 14.9. The summed E-state index contributed by atoms with van der Waals surface area (Å²) >= 11 is 0. The number of aryl methyl sites for hydroxylation is 1. The summed E-state index contributed by atoms with van der Waals surface area (Å²) in [5.41, 5.74) is 7.34. The van der Waals surface area contributed by atoms with Crippen molar-refractivity contribution in [3.63, 3.8) is 0 Å². The summed E-state index contributed by atoms with van der Waals surface area (Å²) < 4.78 is 0. The first-order valence-corrected chi connectivity index (χ1v) is 6.45. The predicted octanol–water partition coefficient (Wildman–Crippen LogP) is 0.799. The fraction of sp³-hybridized carbons (Fsp3) is 0.357. The van der Waals surface area contributed by atoms with Crippen LogP contribution in [0.3, 0.4) is 0 Å². The van der Waals surface area contributed by atoms with Gasteiger partial charge in [-0.2, -0.15) is 0 Å². The maximum atomic E-state index is 11.9. The molecule has 0 saturated carbocycles. The molecule has 1 heterocycles. The zero-order chi connectivity index (χ0) is 14.7. The summed E-state index contributed by atoms with van der Waals surface area (Å²) in [6.45, 7) is 3.90. The molecule has 1 saturated heterocycles. The third-order valence-corrected chi connectivity index (χ3v) is 3.48. The first-order chi connectivity index (χ1) is 9.49. The minimum atomic E-state index is -0.778. The largest absolute Gasteiger partial charge is 0.326 e. The Morgan fingerprint density at radius 2 is 1.85 bits per heavy atom. The van der Waals surface area contributed by atoms with E-state index in [1.54, 1.807) is 0 Å². The minimum Gasteiger partial charge on any atom is -0.326 e. The van der Waals surface area contributed by atoms with E-state index in [0.29, 0.717) is 0 Å². The van der Waals surface area contributed by atoms with Gasteiger partial charge in [-0.25, -0.2) is 0 Å². The van der Waals surface area contributed by atoms with Gasteiger partial charge in [-0.3, -0.25) is 25.2 Å². The van der Waals surface area contributed by atoms with Gasteiger partial charge in [-0.1, -0.05) is 12.1 Å². The van der Waals surface area contributed by atoms with Gasteiger partial charge in [0.15, 0.2) is 0 Å². The topological polar surface area (TPSA) is 87.3 Å². The summed E-state index contributed by atoms with van der Waals surface area (Å²) in [7, 11) is 0. The van der Waals surface area contributed by atoms with E-state index >= 15 is 0 Å². The number of hydrogen-bond acceptors (Lipinski definition) is 3. The van der Waals surface area contributed by atoms with Crippen LogP contribution in [0.25, 0.3) is 0 Å². The number of amides is 3. The van der Waals surface area contributed by atoms with Gasteiger partial charge in [0.05, 0.1) is 0 Å². The van der Waals surface area contributed by atoms with E-state index in [1.165, 1.54) is 0 Å². The predicted molar refractivity (Wildman–Crippen MR) is 73.6 cm³/mol. The Morgan fingerprint density at radius 3 is 2.50 bits per heavy atom. The molecule has 106 valence electrons. The Balaban J connectivity index is 1.91. The van der Waals surface area contributed by atoms with E-state index in [0.717, 1.165) is 16.8 Å². The number of carbonyl (C=O) groups excluding carboxylic acids is 3. The lowest BCUT2D eigenvalue weighted by Gasteiger charge is -2.10. The fourth-order valence-corrected chi connectivity index (χ4v) is 2.05. The lowest BCUT2D eigenvalue weighted by atomic mass is 10.0. The molecule has 6 heteroatoms. The van der Waals surface area contributed by atoms with Crippen molar-refractivity contribution in [3.8, 4) is 0 Å². The molecule has 0 radical (unpaired) electrons. The number of nitrogens with one attached hydrogen (secondary N) is 3. The maximum absolute atomic E-state index is 11.9. The molecule has 1 aromatic carbocycles. The lowest BCUT2D eigenvalue weighted by molar-refractivity contribution is -0.128. The molecule has 1 aliphatic heterocycles. The molecule has 1 aromatic rings. The zero-order valence-corrected chi connectivity index (χ0v) is 11.4.